The van der Waals surface area contributed by atoms with Crippen molar-refractivity contribution in [1.29, 1.82) is 0 Å². The molecule has 0 saturated heterocycles. The van der Waals surface area contributed by atoms with E-state index < -0.39 is 0 Å². The fourth-order valence-electron chi connectivity index (χ4n) is 1.82. The van der Waals surface area contributed by atoms with E-state index in [2.05, 4.69) is 15.0 Å². The Labute approximate surface area is 98.0 Å². The van der Waals surface area contributed by atoms with E-state index >= 15 is 0 Å². The maximum absolute atomic E-state index is 5.62. The first kappa shape index (κ1) is 9.77. The van der Waals surface area contributed by atoms with Crippen LogP contribution < -0.4 is 5.73 Å². The molecule has 0 aliphatic rings. The number of rotatable bonds is 1. The zero-order valence-electron chi connectivity index (χ0n) is 9.33. The summed E-state index contributed by atoms with van der Waals surface area (Å²) in [5.41, 5.74) is 8.52. The molecule has 0 atom stereocenters. The molecular weight excluding hydrogens is 214 g/mol. The smallest absolute Gasteiger partial charge is 0.221 e. The molecular formula is C12H11N5. The first-order valence-corrected chi connectivity index (χ1v) is 5.27. The van der Waals surface area contributed by atoms with Crippen molar-refractivity contribution in [3.63, 3.8) is 0 Å². The van der Waals surface area contributed by atoms with Gasteiger partial charge in [0.1, 0.15) is 12.1 Å². The molecule has 2 aromatic heterocycles. The fraction of sp³-hybridized carbons (Fsp3) is 0.0833. The standard InChI is InChI=1S/C12H11N5/c1-8-6-14-12(13)16-11(8)17-7-15-9-4-2-3-5-10(9)17/h2-7H,1H3,(H2,13,14,16). The van der Waals surface area contributed by atoms with Crippen molar-refractivity contribution in [2.75, 3.05) is 5.73 Å². The van der Waals surface area contributed by atoms with Gasteiger partial charge in [-0.05, 0) is 19.1 Å². The third-order valence-corrected chi connectivity index (χ3v) is 2.65. The van der Waals surface area contributed by atoms with Crippen LogP contribution >= 0.6 is 0 Å². The molecule has 0 spiro atoms. The summed E-state index contributed by atoms with van der Waals surface area (Å²) in [7, 11) is 0. The third kappa shape index (κ3) is 1.52. The SMILES string of the molecule is Cc1cnc(N)nc1-n1cnc2ccccc21. The van der Waals surface area contributed by atoms with Crippen LogP contribution in [0.2, 0.25) is 0 Å². The van der Waals surface area contributed by atoms with Crippen molar-refractivity contribution < 1.29 is 0 Å². The van der Waals surface area contributed by atoms with Crippen LogP contribution in [0.25, 0.3) is 16.9 Å². The average molecular weight is 225 g/mol. The summed E-state index contributed by atoms with van der Waals surface area (Å²) >= 11 is 0. The topological polar surface area (TPSA) is 69.6 Å². The Balaban J connectivity index is 2.31. The quantitative estimate of drug-likeness (QED) is 0.684. The van der Waals surface area contributed by atoms with Crippen molar-refractivity contribution in [3.05, 3.63) is 42.4 Å². The lowest BCUT2D eigenvalue weighted by Crippen LogP contribution is -2.04. The highest BCUT2D eigenvalue weighted by atomic mass is 15.1. The molecule has 17 heavy (non-hydrogen) atoms. The Morgan fingerprint density at radius 1 is 1.18 bits per heavy atom. The van der Waals surface area contributed by atoms with Gasteiger partial charge in [0.05, 0.1) is 11.0 Å². The number of nitrogens with zero attached hydrogens (tertiary/aromatic N) is 4. The Morgan fingerprint density at radius 3 is 2.88 bits per heavy atom. The molecule has 0 amide bonds. The lowest BCUT2D eigenvalue weighted by Gasteiger charge is -2.06. The Kier molecular flexibility index (Phi) is 2.04. The van der Waals surface area contributed by atoms with E-state index in [9.17, 15) is 0 Å². The van der Waals surface area contributed by atoms with Gasteiger partial charge in [-0.15, -0.1) is 0 Å². The van der Waals surface area contributed by atoms with E-state index in [1.54, 1.807) is 12.5 Å². The summed E-state index contributed by atoms with van der Waals surface area (Å²) in [4.78, 5) is 12.5. The molecule has 0 aliphatic heterocycles. The predicted molar refractivity (Wildman–Crippen MR) is 65.8 cm³/mol. The molecule has 84 valence electrons. The van der Waals surface area contributed by atoms with Crippen LogP contribution in [0.1, 0.15) is 5.56 Å². The Bertz CT molecular complexity index is 686. The van der Waals surface area contributed by atoms with E-state index in [-0.39, 0.29) is 5.95 Å². The summed E-state index contributed by atoms with van der Waals surface area (Å²) in [5.74, 6) is 1.04. The number of aryl methyl sites for hydroxylation is 1. The highest BCUT2D eigenvalue weighted by molar-refractivity contribution is 5.77. The average Bonchev–Trinajstić information content (AvgIpc) is 2.76. The number of nitrogens with two attached hydrogens (primary N) is 1. The van der Waals surface area contributed by atoms with Crippen LogP contribution in [0.3, 0.4) is 0 Å². The van der Waals surface area contributed by atoms with Gasteiger partial charge in [0, 0.05) is 11.8 Å². The number of nitrogen functional groups attached to an aromatic ring is 1. The summed E-state index contributed by atoms with van der Waals surface area (Å²) in [6.45, 7) is 1.95. The summed E-state index contributed by atoms with van der Waals surface area (Å²) in [5, 5.41) is 0. The summed E-state index contributed by atoms with van der Waals surface area (Å²) in [6.07, 6.45) is 3.46. The molecule has 2 heterocycles. The second-order valence-electron chi connectivity index (χ2n) is 3.84. The van der Waals surface area contributed by atoms with Crippen molar-refractivity contribution in [2.45, 2.75) is 6.92 Å². The van der Waals surface area contributed by atoms with Crippen LogP contribution in [0.5, 0.6) is 0 Å². The van der Waals surface area contributed by atoms with Crippen LogP contribution in [-0.4, -0.2) is 19.5 Å². The van der Waals surface area contributed by atoms with Crippen molar-refractivity contribution in [3.8, 4) is 5.82 Å². The first-order chi connectivity index (χ1) is 8.25. The van der Waals surface area contributed by atoms with Gasteiger partial charge in [-0.3, -0.25) is 4.57 Å². The van der Waals surface area contributed by atoms with E-state index in [1.165, 1.54) is 0 Å². The minimum absolute atomic E-state index is 0.267. The van der Waals surface area contributed by atoms with E-state index in [0.717, 1.165) is 22.4 Å². The normalized spacial score (nSPS) is 10.9. The third-order valence-electron chi connectivity index (χ3n) is 2.65. The molecule has 0 fully saturated rings. The number of benzene rings is 1. The van der Waals surface area contributed by atoms with Gasteiger partial charge in [-0.1, -0.05) is 12.1 Å². The minimum atomic E-state index is 0.267. The number of hydrogen-bond acceptors (Lipinski definition) is 4. The van der Waals surface area contributed by atoms with Gasteiger partial charge in [0.15, 0.2) is 0 Å². The molecule has 5 heteroatoms. The molecule has 1 aromatic carbocycles. The second-order valence-corrected chi connectivity index (χ2v) is 3.84. The van der Waals surface area contributed by atoms with E-state index in [4.69, 9.17) is 5.73 Å². The maximum Gasteiger partial charge on any atom is 0.221 e. The highest BCUT2D eigenvalue weighted by Gasteiger charge is 2.08. The van der Waals surface area contributed by atoms with Gasteiger partial charge >= 0.3 is 0 Å². The maximum atomic E-state index is 5.62. The molecule has 0 saturated carbocycles. The van der Waals surface area contributed by atoms with Crippen molar-refractivity contribution in [1.82, 2.24) is 19.5 Å². The molecule has 0 aliphatic carbocycles. The lowest BCUT2D eigenvalue weighted by atomic mass is 10.3. The van der Waals surface area contributed by atoms with Gasteiger partial charge in [0.2, 0.25) is 5.95 Å². The number of hydrogen-bond donors (Lipinski definition) is 1. The molecule has 3 rings (SSSR count). The molecule has 0 bridgehead atoms. The largest absolute Gasteiger partial charge is 0.368 e. The molecule has 2 N–H and O–H groups in total. The number of para-hydroxylation sites is 2. The van der Waals surface area contributed by atoms with Crippen molar-refractivity contribution >= 4 is 17.0 Å². The van der Waals surface area contributed by atoms with E-state index in [1.807, 2.05) is 35.8 Å². The number of aromatic nitrogens is 4. The van der Waals surface area contributed by atoms with Gasteiger partial charge in [-0.25, -0.2) is 9.97 Å². The zero-order valence-corrected chi connectivity index (χ0v) is 9.33. The molecule has 0 unspecified atom stereocenters. The van der Waals surface area contributed by atoms with Gasteiger partial charge < -0.3 is 5.73 Å². The second kappa shape index (κ2) is 3.55. The Morgan fingerprint density at radius 2 is 2.00 bits per heavy atom. The predicted octanol–water partition coefficient (Wildman–Crippen LogP) is 1.71. The molecule has 5 nitrogen and oxygen atoms in total. The van der Waals surface area contributed by atoms with E-state index in [0.29, 0.717) is 0 Å². The number of anilines is 1. The molecule has 3 aromatic rings. The molecule has 0 radical (unpaired) electrons. The fourth-order valence-corrected chi connectivity index (χ4v) is 1.82. The summed E-state index contributed by atoms with van der Waals surface area (Å²) in [6, 6.07) is 7.90. The van der Waals surface area contributed by atoms with Crippen LogP contribution in [-0.2, 0) is 0 Å². The van der Waals surface area contributed by atoms with Crippen LogP contribution in [0.15, 0.2) is 36.8 Å². The first-order valence-electron chi connectivity index (χ1n) is 5.27. The number of fused-ring (bicyclic) bond motifs is 1. The number of imidazole rings is 1. The van der Waals surface area contributed by atoms with Crippen molar-refractivity contribution in [2.24, 2.45) is 0 Å². The monoisotopic (exact) mass is 225 g/mol. The Hall–Kier alpha value is -2.43. The van der Waals surface area contributed by atoms with Gasteiger partial charge in [-0.2, -0.15) is 4.98 Å². The van der Waals surface area contributed by atoms with Crippen LogP contribution in [0.4, 0.5) is 5.95 Å². The zero-order chi connectivity index (χ0) is 11.8. The summed E-state index contributed by atoms with van der Waals surface area (Å²) < 4.78 is 1.92. The highest BCUT2D eigenvalue weighted by Crippen LogP contribution is 2.18. The lowest BCUT2D eigenvalue weighted by molar-refractivity contribution is 0.980. The van der Waals surface area contributed by atoms with Gasteiger partial charge in [0.25, 0.3) is 0 Å². The minimum Gasteiger partial charge on any atom is -0.368 e. The van der Waals surface area contributed by atoms with Crippen LogP contribution in [0, 0.1) is 6.92 Å².